The summed E-state index contributed by atoms with van der Waals surface area (Å²) in [5, 5.41) is 9.92. The Morgan fingerprint density at radius 1 is 0.906 bits per heavy atom. The Morgan fingerprint density at radius 3 is 2.06 bits per heavy atom. The van der Waals surface area contributed by atoms with Gasteiger partial charge in [0.2, 0.25) is 0 Å². The van der Waals surface area contributed by atoms with Gasteiger partial charge in [-0.25, -0.2) is 12.4 Å². The number of carboxylic acids is 1. The lowest BCUT2D eigenvalue weighted by atomic mass is 9.87. The van der Waals surface area contributed by atoms with Gasteiger partial charge >= 0.3 is 5.97 Å². The second kappa shape index (κ2) is 9.10. The SMILES string of the molecule is CC(C)c1ccc(C(C)C)c(S(=O)(=O)n2cc(CCC(=O)O)c3ccccc32)c1C(C)C. The van der Waals surface area contributed by atoms with Crippen LogP contribution in [0.4, 0.5) is 0 Å². The van der Waals surface area contributed by atoms with Crippen LogP contribution in [-0.2, 0) is 21.2 Å². The highest BCUT2D eigenvalue weighted by molar-refractivity contribution is 7.90. The van der Waals surface area contributed by atoms with Crippen LogP contribution < -0.4 is 0 Å². The van der Waals surface area contributed by atoms with Gasteiger partial charge < -0.3 is 5.11 Å². The summed E-state index contributed by atoms with van der Waals surface area (Å²) in [6.07, 6.45) is 1.84. The standard InChI is InChI=1S/C26H33NO4S/c1-16(2)20-12-13-21(17(3)4)26(25(20)18(5)6)32(30,31)27-15-19(11-14-24(28)29)22-9-7-8-10-23(22)27/h7-10,12-13,15-18H,11,14H2,1-6H3,(H,28,29). The Kier molecular flexibility index (Phi) is 6.84. The van der Waals surface area contributed by atoms with Crippen LogP contribution in [0.1, 0.15) is 88.0 Å². The molecule has 0 fully saturated rings. The number of aromatic nitrogens is 1. The fraction of sp³-hybridized carbons (Fsp3) is 0.423. The third-order valence-corrected chi connectivity index (χ3v) is 7.76. The summed E-state index contributed by atoms with van der Waals surface area (Å²) in [7, 11) is -3.92. The van der Waals surface area contributed by atoms with Crippen molar-refractivity contribution in [3.05, 3.63) is 64.8 Å². The van der Waals surface area contributed by atoms with Crippen LogP contribution in [0.15, 0.2) is 47.5 Å². The van der Waals surface area contributed by atoms with E-state index in [1.807, 2.05) is 52.0 Å². The minimum Gasteiger partial charge on any atom is -0.481 e. The van der Waals surface area contributed by atoms with Gasteiger partial charge in [0.05, 0.1) is 10.4 Å². The molecule has 1 heterocycles. The molecule has 32 heavy (non-hydrogen) atoms. The molecular weight excluding hydrogens is 422 g/mol. The lowest BCUT2D eigenvalue weighted by molar-refractivity contribution is -0.136. The number of carbonyl (C=O) groups is 1. The topological polar surface area (TPSA) is 76.4 Å². The zero-order valence-electron chi connectivity index (χ0n) is 19.7. The van der Waals surface area contributed by atoms with Crippen molar-refractivity contribution in [1.29, 1.82) is 0 Å². The second-order valence-corrected chi connectivity index (χ2v) is 11.1. The van der Waals surface area contributed by atoms with Crippen molar-refractivity contribution in [3.63, 3.8) is 0 Å². The summed E-state index contributed by atoms with van der Waals surface area (Å²) < 4.78 is 29.9. The molecule has 0 aliphatic carbocycles. The normalized spacial score (nSPS) is 12.4. The van der Waals surface area contributed by atoms with Crippen molar-refractivity contribution in [3.8, 4) is 0 Å². The molecule has 0 amide bonds. The summed E-state index contributed by atoms with van der Waals surface area (Å²) in [5.74, 6) is -0.649. The second-order valence-electron chi connectivity index (χ2n) is 9.32. The third kappa shape index (κ3) is 4.33. The molecule has 0 saturated heterocycles. The van der Waals surface area contributed by atoms with Crippen LogP contribution in [0.3, 0.4) is 0 Å². The molecule has 1 N–H and O–H groups in total. The Morgan fingerprint density at radius 2 is 1.50 bits per heavy atom. The summed E-state index contributed by atoms with van der Waals surface area (Å²) >= 11 is 0. The van der Waals surface area contributed by atoms with Gasteiger partial charge in [-0.2, -0.15) is 0 Å². The number of aliphatic carboxylic acids is 1. The fourth-order valence-electron chi connectivity index (χ4n) is 4.43. The molecule has 0 aliphatic heterocycles. The van der Waals surface area contributed by atoms with E-state index in [4.69, 9.17) is 5.11 Å². The molecule has 0 spiro atoms. The van der Waals surface area contributed by atoms with E-state index in [0.717, 1.165) is 27.6 Å². The van der Waals surface area contributed by atoms with Crippen molar-refractivity contribution in [2.75, 3.05) is 0 Å². The summed E-state index contributed by atoms with van der Waals surface area (Å²) in [4.78, 5) is 11.5. The molecule has 3 aromatic rings. The molecular formula is C26H33NO4S. The van der Waals surface area contributed by atoms with E-state index in [1.165, 1.54) is 3.97 Å². The van der Waals surface area contributed by atoms with Gasteiger partial charge in [-0.15, -0.1) is 0 Å². The first-order valence-electron chi connectivity index (χ1n) is 11.2. The van der Waals surface area contributed by atoms with E-state index in [2.05, 4.69) is 19.9 Å². The maximum atomic E-state index is 14.3. The third-order valence-electron chi connectivity index (χ3n) is 5.97. The minimum absolute atomic E-state index is 0.0317. The zero-order valence-corrected chi connectivity index (χ0v) is 20.5. The van der Waals surface area contributed by atoms with Gasteiger partial charge in [-0.3, -0.25) is 4.79 Å². The van der Waals surface area contributed by atoms with Gasteiger partial charge in [0.1, 0.15) is 0 Å². The highest BCUT2D eigenvalue weighted by Crippen LogP contribution is 2.39. The first-order valence-corrected chi connectivity index (χ1v) is 12.6. The maximum Gasteiger partial charge on any atom is 0.303 e. The largest absolute Gasteiger partial charge is 0.481 e. The molecule has 3 rings (SSSR count). The van der Waals surface area contributed by atoms with Crippen molar-refractivity contribution >= 4 is 26.9 Å². The van der Waals surface area contributed by atoms with E-state index in [0.29, 0.717) is 10.4 Å². The number of hydrogen-bond donors (Lipinski definition) is 1. The van der Waals surface area contributed by atoms with Crippen LogP contribution in [0, 0.1) is 0 Å². The smallest absolute Gasteiger partial charge is 0.303 e. The molecule has 5 nitrogen and oxygen atoms in total. The highest BCUT2D eigenvalue weighted by atomic mass is 32.2. The highest BCUT2D eigenvalue weighted by Gasteiger charge is 2.31. The van der Waals surface area contributed by atoms with Crippen molar-refractivity contribution in [2.24, 2.45) is 0 Å². The van der Waals surface area contributed by atoms with Gasteiger partial charge in [-0.05, 0) is 52.5 Å². The quantitative estimate of drug-likeness (QED) is 0.434. The molecule has 2 aromatic carbocycles. The molecule has 172 valence electrons. The van der Waals surface area contributed by atoms with Crippen LogP contribution in [0.5, 0.6) is 0 Å². The van der Waals surface area contributed by atoms with Crippen LogP contribution in [0.25, 0.3) is 10.9 Å². The van der Waals surface area contributed by atoms with Crippen molar-refractivity contribution < 1.29 is 18.3 Å². The number of rotatable bonds is 8. The number of benzene rings is 2. The predicted octanol–water partition coefficient (Wildman–Crippen LogP) is 6.27. The minimum atomic E-state index is -3.92. The van der Waals surface area contributed by atoms with E-state index < -0.39 is 16.0 Å². The number of para-hydroxylation sites is 1. The number of aryl methyl sites for hydroxylation is 1. The van der Waals surface area contributed by atoms with Crippen LogP contribution >= 0.6 is 0 Å². The lowest BCUT2D eigenvalue weighted by Crippen LogP contribution is -2.19. The van der Waals surface area contributed by atoms with E-state index in [9.17, 15) is 13.2 Å². The molecule has 0 aliphatic rings. The number of fused-ring (bicyclic) bond motifs is 1. The molecule has 0 atom stereocenters. The van der Waals surface area contributed by atoms with Crippen LogP contribution in [0.2, 0.25) is 0 Å². The molecule has 0 bridgehead atoms. The van der Waals surface area contributed by atoms with E-state index >= 15 is 0 Å². The average Bonchev–Trinajstić information content (AvgIpc) is 3.10. The summed E-state index contributed by atoms with van der Waals surface area (Å²) in [6.45, 7) is 12.3. The monoisotopic (exact) mass is 455 g/mol. The maximum absolute atomic E-state index is 14.3. The summed E-state index contributed by atoms with van der Waals surface area (Å²) in [5.41, 5.74) is 4.03. The molecule has 0 saturated carbocycles. The predicted molar refractivity (Wildman–Crippen MR) is 129 cm³/mol. The lowest BCUT2D eigenvalue weighted by Gasteiger charge is -2.25. The van der Waals surface area contributed by atoms with E-state index in [1.54, 1.807) is 12.3 Å². The zero-order chi connectivity index (χ0) is 23.8. The van der Waals surface area contributed by atoms with Gasteiger partial charge in [-0.1, -0.05) is 71.9 Å². The molecule has 6 heteroatoms. The van der Waals surface area contributed by atoms with Gasteiger partial charge in [0, 0.05) is 18.0 Å². The Labute approximate surface area is 191 Å². The molecule has 0 unspecified atom stereocenters. The van der Waals surface area contributed by atoms with Crippen molar-refractivity contribution in [1.82, 2.24) is 3.97 Å². The first kappa shape index (κ1) is 24.1. The van der Waals surface area contributed by atoms with Crippen molar-refractivity contribution in [2.45, 2.75) is 77.0 Å². The van der Waals surface area contributed by atoms with E-state index in [-0.39, 0.29) is 30.6 Å². The number of hydrogen-bond acceptors (Lipinski definition) is 3. The Bertz CT molecular complexity index is 1250. The van der Waals surface area contributed by atoms with Gasteiger partial charge in [0.15, 0.2) is 0 Å². The summed E-state index contributed by atoms with van der Waals surface area (Å²) in [6, 6.07) is 11.3. The first-order chi connectivity index (χ1) is 15.0. The molecule has 0 radical (unpaired) electrons. The number of carboxylic acid groups (broad SMARTS) is 1. The Hall–Kier alpha value is -2.60. The Balaban J connectivity index is 2.37. The average molecular weight is 456 g/mol. The fourth-order valence-corrected chi connectivity index (χ4v) is 6.54. The number of nitrogens with zero attached hydrogens (tertiary/aromatic N) is 1. The molecule has 1 aromatic heterocycles. The van der Waals surface area contributed by atoms with Crippen LogP contribution in [-0.4, -0.2) is 23.5 Å². The van der Waals surface area contributed by atoms with Gasteiger partial charge in [0.25, 0.3) is 10.0 Å².